The van der Waals surface area contributed by atoms with Gasteiger partial charge >= 0.3 is 12.1 Å². The number of hydrogen-bond donors (Lipinski definition) is 1. The standard InChI is InChI=1S/C33H44BrN5O4/c1-23-19-24(2)21-26(20-23)30(34)43-32(42)39-17-12-28(38-16-9-25-7-5-6-8-29(25)35-31(38)41)22-33(39,13-18-40)37-14-10-27(11-15-37)36(3)4/h5-8,18-21,27-28,30H,9-17,22H2,1-4H3,(H,35,41)/t28?,30-,33-/m0/s1. The second-order valence-electron chi connectivity index (χ2n) is 12.5. The lowest BCUT2D eigenvalue weighted by Crippen LogP contribution is -2.69. The number of fused-ring (bicyclic) bond motifs is 1. The van der Waals surface area contributed by atoms with Gasteiger partial charge in [-0.25, -0.2) is 9.59 Å². The lowest BCUT2D eigenvalue weighted by molar-refractivity contribution is -0.128. The first-order chi connectivity index (χ1) is 20.6. The number of aryl methyl sites for hydroxylation is 2. The Kier molecular flexibility index (Phi) is 9.78. The van der Waals surface area contributed by atoms with Gasteiger partial charge in [-0.1, -0.05) is 47.5 Å². The fourth-order valence-electron chi connectivity index (χ4n) is 7.26. The van der Waals surface area contributed by atoms with Crippen LogP contribution in [0.2, 0.25) is 0 Å². The van der Waals surface area contributed by atoms with Gasteiger partial charge in [0.05, 0.1) is 0 Å². The van der Waals surface area contributed by atoms with Gasteiger partial charge in [-0.05, 0) is 81.2 Å². The van der Waals surface area contributed by atoms with Gasteiger partial charge in [-0.3, -0.25) is 9.80 Å². The molecule has 43 heavy (non-hydrogen) atoms. The molecule has 10 heteroatoms. The van der Waals surface area contributed by atoms with E-state index in [2.05, 4.69) is 57.3 Å². The van der Waals surface area contributed by atoms with Crippen molar-refractivity contribution in [3.05, 3.63) is 64.7 Å². The Hall–Kier alpha value is -2.95. The van der Waals surface area contributed by atoms with Crippen molar-refractivity contribution in [1.29, 1.82) is 0 Å². The first-order valence-electron chi connectivity index (χ1n) is 15.3. The zero-order chi connectivity index (χ0) is 30.7. The van der Waals surface area contributed by atoms with Gasteiger partial charge in [-0.15, -0.1) is 0 Å². The van der Waals surface area contributed by atoms with Crippen LogP contribution in [0.25, 0.3) is 0 Å². The minimum Gasteiger partial charge on any atom is -0.429 e. The number of piperidine rings is 2. The van der Waals surface area contributed by atoms with Crippen LogP contribution in [-0.2, 0) is 16.0 Å². The highest BCUT2D eigenvalue weighted by atomic mass is 79.9. The number of anilines is 1. The molecule has 3 aliphatic rings. The number of rotatable bonds is 7. The third-order valence-electron chi connectivity index (χ3n) is 9.46. The average molecular weight is 655 g/mol. The van der Waals surface area contributed by atoms with Gasteiger partial charge in [0, 0.05) is 62.4 Å². The zero-order valence-corrected chi connectivity index (χ0v) is 27.3. The van der Waals surface area contributed by atoms with Crippen molar-refractivity contribution < 1.29 is 19.1 Å². The number of halogens is 1. The maximum Gasteiger partial charge on any atom is 0.412 e. The lowest BCUT2D eigenvalue weighted by atomic mass is 9.84. The first-order valence-corrected chi connectivity index (χ1v) is 16.2. The number of alkyl halides is 1. The third-order valence-corrected chi connectivity index (χ3v) is 10.2. The van der Waals surface area contributed by atoms with E-state index in [-0.39, 0.29) is 18.5 Å². The van der Waals surface area contributed by atoms with Crippen LogP contribution >= 0.6 is 15.9 Å². The van der Waals surface area contributed by atoms with Crippen LogP contribution in [0.5, 0.6) is 0 Å². The molecule has 0 saturated carbocycles. The Labute approximate surface area is 263 Å². The summed E-state index contributed by atoms with van der Waals surface area (Å²) in [7, 11) is 4.20. The van der Waals surface area contributed by atoms with Crippen LogP contribution in [-0.4, -0.2) is 96.0 Å². The molecular formula is C33H44BrN5O4. The second kappa shape index (κ2) is 13.4. The number of urea groups is 1. The summed E-state index contributed by atoms with van der Waals surface area (Å²) in [4.78, 5) is 48.2. The Morgan fingerprint density at radius 3 is 2.47 bits per heavy atom. The molecule has 2 aromatic rings. The fourth-order valence-corrected chi connectivity index (χ4v) is 7.68. The van der Waals surface area contributed by atoms with E-state index in [4.69, 9.17) is 4.74 Å². The number of para-hydroxylation sites is 1. The molecule has 232 valence electrons. The molecule has 9 nitrogen and oxygen atoms in total. The molecule has 1 unspecified atom stereocenters. The molecule has 0 spiro atoms. The normalized spacial score (nSPS) is 24.2. The monoisotopic (exact) mass is 653 g/mol. The molecule has 0 aromatic heterocycles. The van der Waals surface area contributed by atoms with Crippen LogP contribution in [0.4, 0.5) is 15.3 Å². The topological polar surface area (TPSA) is 85.4 Å². The van der Waals surface area contributed by atoms with Gasteiger partial charge in [0.15, 0.2) is 5.01 Å². The summed E-state index contributed by atoms with van der Waals surface area (Å²) in [6.07, 6.45) is 4.31. The maximum absolute atomic E-state index is 14.0. The Balaban J connectivity index is 1.43. The highest BCUT2D eigenvalue weighted by Crippen LogP contribution is 2.40. The largest absolute Gasteiger partial charge is 0.429 e. The number of benzene rings is 2. The Bertz CT molecular complexity index is 1310. The molecule has 3 aliphatic heterocycles. The van der Waals surface area contributed by atoms with Crippen molar-refractivity contribution in [3.8, 4) is 0 Å². The molecule has 3 heterocycles. The van der Waals surface area contributed by atoms with Crippen LogP contribution in [0.3, 0.4) is 0 Å². The number of carbonyl (C=O) groups excluding carboxylic acids is 3. The summed E-state index contributed by atoms with van der Waals surface area (Å²) in [5, 5.41) is 2.48. The molecule has 0 bridgehead atoms. The SMILES string of the molecule is Cc1cc(C)cc([C@@H](Br)OC(=O)N2CCC(N3CCc4ccccc4NC3=O)C[C@@]2(CC=O)N2CCC(N(C)C)CC2)c1. The third kappa shape index (κ3) is 6.76. The molecular weight excluding hydrogens is 610 g/mol. The molecule has 2 saturated heterocycles. The summed E-state index contributed by atoms with van der Waals surface area (Å²) >= 11 is 3.60. The molecule has 2 aromatic carbocycles. The molecule has 3 atom stereocenters. The quantitative estimate of drug-likeness (QED) is 0.305. The number of nitrogens with zero attached hydrogens (tertiary/aromatic N) is 4. The molecule has 2 fully saturated rings. The van der Waals surface area contributed by atoms with Crippen molar-refractivity contribution in [2.45, 2.75) is 75.1 Å². The average Bonchev–Trinajstić information content (AvgIpc) is 3.14. The molecule has 5 rings (SSSR count). The minimum atomic E-state index is -0.895. The number of aldehydes is 1. The van der Waals surface area contributed by atoms with Crippen molar-refractivity contribution in [2.24, 2.45) is 0 Å². The van der Waals surface area contributed by atoms with E-state index in [0.717, 1.165) is 66.6 Å². The lowest BCUT2D eigenvalue weighted by Gasteiger charge is -2.56. The Morgan fingerprint density at radius 1 is 1.09 bits per heavy atom. The number of likely N-dealkylation sites (tertiary alicyclic amines) is 2. The van der Waals surface area contributed by atoms with Crippen LogP contribution in [0, 0.1) is 13.8 Å². The van der Waals surface area contributed by atoms with Crippen molar-refractivity contribution >= 4 is 40.0 Å². The molecule has 0 aliphatic carbocycles. The van der Waals surface area contributed by atoms with Crippen molar-refractivity contribution in [2.75, 3.05) is 45.6 Å². The highest BCUT2D eigenvalue weighted by molar-refractivity contribution is 9.09. The van der Waals surface area contributed by atoms with Crippen LogP contribution in [0.1, 0.15) is 59.4 Å². The van der Waals surface area contributed by atoms with Gasteiger partial charge in [-0.2, -0.15) is 0 Å². The van der Waals surface area contributed by atoms with E-state index < -0.39 is 16.8 Å². The van der Waals surface area contributed by atoms with E-state index in [1.54, 1.807) is 4.90 Å². The summed E-state index contributed by atoms with van der Waals surface area (Å²) in [5.41, 5.74) is 4.11. The number of ether oxygens (including phenoxy) is 1. The zero-order valence-electron chi connectivity index (χ0n) is 25.7. The van der Waals surface area contributed by atoms with Gasteiger partial charge < -0.3 is 24.6 Å². The summed E-state index contributed by atoms with van der Waals surface area (Å²) in [5.74, 6) is 0. The van der Waals surface area contributed by atoms with E-state index in [0.29, 0.717) is 32.0 Å². The van der Waals surface area contributed by atoms with Crippen molar-refractivity contribution in [3.63, 3.8) is 0 Å². The van der Waals surface area contributed by atoms with Crippen LogP contribution in [0.15, 0.2) is 42.5 Å². The molecule has 1 N–H and O–H groups in total. The number of hydrogen-bond acceptors (Lipinski definition) is 6. The molecule has 0 radical (unpaired) electrons. The minimum absolute atomic E-state index is 0.132. The summed E-state index contributed by atoms with van der Waals surface area (Å²) in [6.45, 7) is 6.50. The van der Waals surface area contributed by atoms with Gasteiger partial charge in [0.25, 0.3) is 0 Å². The molecule has 3 amide bonds. The van der Waals surface area contributed by atoms with Crippen molar-refractivity contribution in [1.82, 2.24) is 19.6 Å². The number of amides is 3. The predicted molar refractivity (Wildman–Crippen MR) is 171 cm³/mol. The van der Waals surface area contributed by atoms with E-state index in [1.165, 1.54) is 0 Å². The highest BCUT2D eigenvalue weighted by Gasteiger charge is 2.52. The predicted octanol–water partition coefficient (Wildman–Crippen LogP) is 5.70. The maximum atomic E-state index is 14.0. The smallest absolute Gasteiger partial charge is 0.412 e. The second-order valence-corrected chi connectivity index (χ2v) is 13.3. The van der Waals surface area contributed by atoms with E-state index in [1.807, 2.05) is 49.1 Å². The summed E-state index contributed by atoms with van der Waals surface area (Å²) in [6, 6.07) is 14.2. The number of carbonyl (C=O) groups is 3. The summed E-state index contributed by atoms with van der Waals surface area (Å²) < 4.78 is 6.06. The van der Waals surface area contributed by atoms with Gasteiger partial charge in [0.2, 0.25) is 0 Å². The fraction of sp³-hybridized carbons (Fsp3) is 0.545. The van der Waals surface area contributed by atoms with E-state index in [9.17, 15) is 14.4 Å². The van der Waals surface area contributed by atoms with Gasteiger partial charge in [0.1, 0.15) is 11.9 Å². The first kappa shape index (κ1) is 31.5. The Morgan fingerprint density at radius 2 is 1.79 bits per heavy atom. The van der Waals surface area contributed by atoms with Crippen LogP contribution < -0.4 is 5.32 Å². The number of nitrogens with one attached hydrogen (secondary N) is 1. The van der Waals surface area contributed by atoms with E-state index >= 15 is 0 Å².